The molecular formula is C14H19ClN6O2S2. The summed E-state index contributed by atoms with van der Waals surface area (Å²) in [6, 6.07) is 6.93. The monoisotopic (exact) mass is 402 g/mol. The zero-order valence-electron chi connectivity index (χ0n) is 13.4. The van der Waals surface area contributed by atoms with Crippen molar-refractivity contribution >= 4 is 52.0 Å². The highest BCUT2D eigenvalue weighted by molar-refractivity contribution is 8.01. The summed E-state index contributed by atoms with van der Waals surface area (Å²) in [6.07, 6.45) is 0. The van der Waals surface area contributed by atoms with Gasteiger partial charge in [0.2, 0.25) is 5.13 Å². The van der Waals surface area contributed by atoms with Crippen LogP contribution in [0.2, 0.25) is 0 Å². The molecule has 136 valence electrons. The second-order valence-electron chi connectivity index (χ2n) is 5.33. The normalized spacial score (nSPS) is 15.0. The van der Waals surface area contributed by atoms with E-state index in [9.17, 15) is 10.1 Å². The van der Waals surface area contributed by atoms with Crippen molar-refractivity contribution in [2.75, 3.05) is 49.1 Å². The van der Waals surface area contributed by atoms with Crippen LogP contribution in [0.25, 0.3) is 0 Å². The molecule has 25 heavy (non-hydrogen) atoms. The molecule has 3 rings (SSSR count). The van der Waals surface area contributed by atoms with E-state index in [4.69, 9.17) is 5.73 Å². The largest absolute Gasteiger partial charge is 0.374 e. The Balaban J connectivity index is 0.00000225. The Morgan fingerprint density at radius 1 is 1.24 bits per heavy atom. The molecule has 0 bridgehead atoms. The van der Waals surface area contributed by atoms with E-state index in [1.165, 1.54) is 11.3 Å². The highest BCUT2D eigenvalue weighted by atomic mass is 35.5. The number of rotatable bonds is 6. The lowest BCUT2D eigenvalue weighted by Crippen LogP contribution is -2.47. The van der Waals surface area contributed by atoms with Crippen LogP contribution in [0.1, 0.15) is 0 Å². The van der Waals surface area contributed by atoms with Crippen LogP contribution in [0, 0.1) is 10.1 Å². The molecular weight excluding hydrogens is 384 g/mol. The van der Waals surface area contributed by atoms with Gasteiger partial charge >= 0.3 is 0 Å². The van der Waals surface area contributed by atoms with Gasteiger partial charge in [-0.15, -0.1) is 22.6 Å². The van der Waals surface area contributed by atoms with E-state index < -0.39 is 0 Å². The van der Waals surface area contributed by atoms with Crippen molar-refractivity contribution in [1.82, 2.24) is 15.1 Å². The molecule has 1 aromatic carbocycles. The number of nitro groups is 1. The number of thioether (sulfide) groups is 1. The molecule has 0 aliphatic carbocycles. The van der Waals surface area contributed by atoms with E-state index >= 15 is 0 Å². The first-order valence-electron chi connectivity index (χ1n) is 7.56. The summed E-state index contributed by atoms with van der Waals surface area (Å²) in [7, 11) is 0. The van der Waals surface area contributed by atoms with Crippen LogP contribution in [0.4, 0.5) is 16.5 Å². The number of piperazine rings is 1. The first kappa shape index (κ1) is 19.7. The molecule has 1 aliphatic rings. The molecule has 2 heterocycles. The zero-order chi connectivity index (χ0) is 16.9. The second kappa shape index (κ2) is 9.18. The number of hydrogen-bond donors (Lipinski definition) is 1. The molecule has 0 radical (unpaired) electrons. The predicted molar refractivity (Wildman–Crippen MR) is 104 cm³/mol. The summed E-state index contributed by atoms with van der Waals surface area (Å²) in [5.74, 6) is 0.931. The van der Waals surface area contributed by atoms with Crippen LogP contribution in [-0.2, 0) is 0 Å². The Bertz CT molecular complexity index is 708. The van der Waals surface area contributed by atoms with Gasteiger partial charge in [-0.25, -0.2) is 0 Å². The van der Waals surface area contributed by atoms with Gasteiger partial charge in [-0.2, -0.15) is 0 Å². The molecule has 11 heteroatoms. The average molecular weight is 403 g/mol. The summed E-state index contributed by atoms with van der Waals surface area (Å²) < 4.78 is 0.894. The van der Waals surface area contributed by atoms with Gasteiger partial charge in [0.15, 0.2) is 4.34 Å². The molecule has 1 saturated heterocycles. The number of para-hydroxylation sites is 2. The summed E-state index contributed by atoms with van der Waals surface area (Å²) in [4.78, 5) is 15.3. The fourth-order valence-corrected chi connectivity index (χ4v) is 4.35. The molecule has 2 aromatic rings. The van der Waals surface area contributed by atoms with Crippen LogP contribution >= 0.6 is 35.5 Å². The van der Waals surface area contributed by atoms with Crippen molar-refractivity contribution in [3.8, 4) is 0 Å². The van der Waals surface area contributed by atoms with Gasteiger partial charge in [0.25, 0.3) is 5.69 Å². The van der Waals surface area contributed by atoms with Crippen molar-refractivity contribution in [2.45, 2.75) is 4.34 Å². The Morgan fingerprint density at radius 3 is 2.60 bits per heavy atom. The number of benzene rings is 1. The minimum Gasteiger partial charge on any atom is -0.374 e. The molecule has 0 unspecified atom stereocenters. The van der Waals surface area contributed by atoms with Crippen molar-refractivity contribution in [3.63, 3.8) is 0 Å². The fourth-order valence-electron chi connectivity index (χ4n) is 2.64. The highest BCUT2D eigenvalue weighted by Gasteiger charge is 2.23. The lowest BCUT2D eigenvalue weighted by Gasteiger charge is -2.35. The van der Waals surface area contributed by atoms with Crippen LogP contribution in [-0.4, -0.2) is 58.5 Å². The van der Waals surface area contributed by atoms with Crippen LogP contribution in [0.15, 0.2) is 28.6 Å². The highest BCUT2D eigenvalue weighted by Crippen LogP contribution is 2.28. The smallest absolute Gasteiger partial charge is 0.292 e. The Labute approximate surface area is 160 Å². The molecule has 8 nitrogen and oxygen atoms in total. The number of nitrogens with two attached hydrogens (primary N) is 1. The third kappa shape index (κ3) is 5.18. The fraction of sp³-hybridized carbons (Fsp3) is 0.429. The molecule has 0 atom stereocenters. The van der Waals surface area contributed by atoms with Crippen molar-refractivity contribution < 1.29 is 4.92 Å². The van der Waals surface area contributed by atoms with Gasteiger partial charge in [0.05, 0.1) is 4.92 Å². The number of aromatic nitrogens is 2. The van der Waals surface area contributed by atoms with Crippen molar-refractivity contribution in [2.24, 2.45) is 0 Å². The zero-order valence-corrected chi connectivity index (χ0v) is 15.9. The third-order valence-electron chi connectivity index (χ3n) is 3.85. The molecule has 0 amide bonds. The van der Waals surface area contributed by atoms with Crippen LogP contribution < -0.4 is 10.6 Å². The molecule has 1 aliphatic heterocycles. The summed E-state index contributed by atoms with van der Waals surface area (Å²) in [5, 5.41) is 19.4. The Kier molecular flexibility index (Phi) is 7.24. The van der Waals surface area contributed by atoms with E-state index in [2.05, 4.69) is 20.0 Å². The average Bonchev–Trinajstić information content (AvgIpc) is 3.01. The maximum atomic E-state index is 11.2. The second-order valence-corrected chi connectivity index (χ2v) is 7.68. The maximum Gasteiger partial charge on any atom is 0.292 e. The summed E-state index contributed by atoms with van der Waals surface area (Å²) in [6.45, 7) is 4.33. The minimum absolute atomic E-state index is 0. The first-order chi connectivity index (χ1) is 11.6. The van der Waals surface area contributed by atoms with E-state index in [1.807, 2.05) is 12.1 Å². The van der Waals surface area contributed by atoms with Crippen LogP contribution in [0.5, 0.6) is 0 Å². The lowest BCUT2D eigenvalue weighted by atomic mass is 10.2. The summed E-state index contributed by atoms with van der Waals surface area (Å²) >= 11 is 3.06. The van der Waals surface area contributed by atoms with Gasteiger partial charge in [0.1, 0.15) is 5.69 Å². The molecule has 2 N–H and O–H groups in total. The topological polar surface area (TPSA) is 101 Å². The Hall–Kier alpha value is -1.62. The quantitative estimate of drug-likeness (QED) is 0.446. The van der Waals surface area contributed by atoms with Gasteiger partial charge in [0, 0.05) is 44.5 Å². The number of halogens is 1. The molecule has 1 aromatic heterocycles. The number of nitrogen functional groups attached to an aromatic ring is 1. The molecule has 0 saturated carbocycles. The maximum absolute atomic E-state index is 11.2. The van der Waals surface area contributed by atoms with Gasteiger partial charge in [-0.3, -0.25) is 15.0 Å². The van der Waals surface area contributed by atoms with Gasteiger partial charge in [-0.1, -0.05) is 35.2 Å². The Morgan fingerprint density at radius 2 is 1.96 bits per heavy atom. The minimum atomic E-state index is -0.313. The van der Waals surface area contributed by atoms with Crippen molar-refractivity contribution in [1.29, 1.82) is 0 Å². The summed E-state index contributed by atoms with van der Waals surface area (Å²) in [5.41, 5.74) is 6.45. The SMILES string of the molecule is Cl.Nc1nnc(SCCN2CCN(c3ccccc3[N+](=O)[O-])CC2)s1. The molecule has 0 spiro atoms. The van der Waals surface area contributed by atoms with E-state index in [0.29, 0.717) is 10.8 Å². The first-order valence-corrected chi connectivity index (χ1v) is 9.36. The van der Waals surface area contributed by atoms with E-state index in [0.717, 1.165) is 42.8 Å². The number of anilines is 2. The van der Waals surface area contributed by atoms with Gasteiger partial charge < -0.3 is 10.6 Å². The van der Waals surface area contributed by atoms with E-state index in [1.54, 1.807) is 23.9 Å². The molecule has 1 fully saturated rings. The third-order valence-corrected chi connectivity index (χ3v) is 5.71. The number of nitrogens with zero attached hydrogens (tertiary/aromatic N) is 5. The van der Waals surface area contributed by atoms with Crippen LogP contribution in [0.3, 0.4) is 0 Å². The number of hydrogen-bond acceptors (Lipinski definition) is 9. The standard InChI is InChI=1S/C14H18N6O2S2.ClH/c15-13-16-17-14(24-13)23-10-9-18-5-7-19(8-6-18)11-3-1-2-4-12(11)20(21)22;/h1-4H,5-10H2,(H2,15,16);1H. The van der Waals surface area contributed by atoms with E-state index in [-0.39, 0.29) is 23.0 Å². The van der Waals surface area contributed by atoms with Crippen molar-refractivity contribution in [3.05, 3.63) is 34.4 Å². The van der Waals surface area contributed by atoms with Gasteiger partial charge in [-0.05, 0) is 6.07 Å². The predicted octanol–water partition coefficient (Wildman–Crippen LogP) is 2.36. The lowest BCUT2D eigenvalue weighted by molar-refractivity contribution is -0.384. The number of nitro benzene ring substituents is 1.